The van der Waals surface area contributed by atoms with Gasteiger partial charge in [0.05, 0.1) is 18.8 Å². The zero-order valence-electron chi connectivity index (χ0n) is 12.4. The molecule has 0 aliphatic heterocycles. The van der Waals surface area contributed by atoms with Gasteiger partial charge in [0.15, 0.2) is 5.69 Å². The predicted octanol–water partition coefficient (Wildman–Crippen LogP) is 2.15. The first kappa shape index (κ1) is 15.0. The minimum atomic E-state index is -0.455. The molecule has 21 heavy (non-hydrogen) atoms. The summed E-state index contributed by atoms with van der Waals surface area (Å²) in [6.07, 6.45) is 0. The Bertz CT molecular complexity index is 635. The summed E-state index contributed by atoms with van der Waals surface area (Å²) in [6.45, 7) is 6.51. The van der Waals surface area contributed by atoms with Crippen molar-refractivity contribution in [3.05, 3.63) is 41.2 Å². The highest BCUT2D eigenvalue weighted by atomic mass is 16.5. The van der Waals surface area contributed by atoms with Gasteiger partial charge in [-0.3, -0.25) is 0 Å². The van der Waals surface area contributed by atoms with Crippen LogP contribution in [-0.4, -0.2) is 32.7 Å². The van der Waals surface area contributed by atoms with Gasteiger partial charge in [0.2, 0.25) is 0 Å². The number of phenols is 1. The first-order valence-electron chi connectivity index (χ1n) is 6.82. The Morgan fingerprint density at radius 1 is 1.43 bits per heavy atom. The molecule has 0 aliphatic carbocycles. The second-order valence-electron chi connectivity index (χ2n) is 5.34. The molecular formula is C15H19N3O3. The first-order chi connectivity index (χ1) is 9.97. The van der Waals surface area contributed by atoms with E-state index in [1.165, 1.54) is 0 Å². The van der Waals surface area contributed by atoms with Crippen LogP contribution < -0.4 is 0 Å². The van der Waals surface area contributed by atoms with Crippen molar-refractivity contribution in [1.82, 2.24) is 15.0 Å². The molecule has 1 aromatic heterocycles. The van der Waals surface area contributed by atoms with Crippen LogP contribution in [-0.2, 0) is 11.3 Å². The van der Waals surface area contributed by atoms with E-state index in [4.69, 9.17) is 4.74 Å². The van der Waals surface area contributed by atoms with Crippen molar-refractivity contribution < 1.29 is 14.6 Å². The van der Waals surface area contributed by atoms with E-state index in [2.05, 4.69) is 10.3 Å². The lowest BCUT2D eigenvalue weighted by Gasteiger charge is -2.06. The SMILES string of the molecule is Cc1c(C(=O)OCC(C)C)nnn1Cc1cccc(O)c1. The third-order valence-corrected chi connectivity index (χ3v) is 2.97. The fourth-order valence-corrected chi connectivity index (χ4v) is 1.84. The van der Waals surface area contributed by atoms with Crippen LogP contribution in [0, 0.1) is 12.8 Å². The molecule has 6 heteroatoms. The van der Waals surface area contributed by atoms with Gasteiger partial charge in [-0.15, -0.1) is 5.10 Å². The molecule has 0 bridgehead atoms. The van der Waals surface area contributed by atoms with Crippen molar-refractivity contribution in [1.29, 1.82) is 0 Å². The summed E-state index contributed by atoms with van der Waals surface area (Å²) in [5.74, 6) is 0.0155. The van der Waals surface area contributed by atoms with E-state index >= 15 is 0 Å². The molecule has 0 amide bonds. The molecule has 1 aromatic carbocycles. The number of rotatable bonds is 5. The van der Waals surface area contributed by atoms with Crippen molar-refractivity contribution >= 4 is 5.97 Å². The first-order valence-corrected chi connectivity index (χ1v) is 6.82. The Labute approximate surface area is 123 Å². The van der Waals surface area contributed by atoms with Gasteiger partial charge in [0.1, 0.15) is 5.75 Å². The van der Waals surface area contributed by atoms with Gasteiger partial charge < -0.3 is 9.84 Å². The number of ether oxygens (including phenoxy) is 1. The van der Waals surface area contributed by atoms with E-state index in [1.54, 1.807) is 29.8 Å². The van der Waals surface area contributed by atoms with Gasteiger partial charge in [-0.25, -0.2) is 9.48 Å². The molecule has 0 radical (unpaired) electrons. The standard InChI is InChI=1S/C15H19N3O3/c1-10(2)9-21-15(20)14-11(3)18(17-16-14)8-12-5-4-6-13(19)7-12/h4-7,10,19H,8-9H2,1-3H3. The van der Waals surface area contributed by atoms with Gasteiger partial charge in [0, 0.05) is 0 Å². The highest BCUT2D eigenvalue weighted by Gasteiger charge is 2.18. The van der Waals surface area contributed by atoms with Crippen molar-refractivity contribution in [2.75, 3.05) is 6.61 Å². The number of aromatic nitrogens is 3. The molecule has 2 rings (SSSR count). The molecule has 0 spiro atoms. The van der Waals surface area contributed by atoms with E-state index < -0.39 is 5.97 Å². The van der Waals surface area contributed by atoms with Crippen LogP contribution in [0.2, 0.25) is 0 Å². The number of nitrogens with zero attached hydrogens (tertiary/aromatic N) is 3. The lowest BCUT2D eigenvalue weighted by atomic mass is 10.2. The average molecular weight is 289 g/mol. The Morgan fingerprint density at radius 2 is 2.19 bits per heavy atom. The summed E-state index contributed by atoms with van der Waals surface area (Å²) in [7, 11) is 0. The summed E-state index contributed by atoms with van der Waals surface area (Å²) < 4.78 is 6.77. The third-order valence-electron chi connectivity index (χ3n) is 2.97. The van der Waals surface area contributed by atoms with Crippen LogP contribution in [0.15, 0.2) is 24.3 Å². The van der Waals surface area contributed by atoms with E-state index in [-0.39, 0.29) is 17.4 Å². The number of aromatic hydroxyl groups is 1. The molecule has 0 saturated heterocycles. The second-order valence-corrected chi connectivity index (χ2v) is 5.34. The van der Waals surface area contributed by atoms with E-state index in [0.29, 0.717) is 18.8 Å². The van der Waals surface area contributed by atoms with Crippen molar-refractivity contribution in [2.24, 2.45) is 5.92 Å². The van der Waals surface area contributed by atoms with Crippen LogP contribution in [0.5, 0.6) is 5.75 Å². The van der Waals surface area contributed by atoms with Crippen molar-refractivity contribution in [3.8, 4) is 5.75 Å². The number of esters is 1. The van der Waals surface area contributed by atoms with Crippen molar-refractivity contribution in [2.45, 2.75) is 27.3 Å². The number of hydrogen-bond acceptors (Lipinski definition) is 5. The Balaban J connectivity index is 2.11. The monoisotopic (exact) mass is 289 g/mol. The maximum Gasteiger partial charge on any atom is 0.360 e. The predicted molar refractivity (Wildman–Crippen MR) is 77.1 cm³/mol. The fraction of sp³-hybridized carbons (Fsp3) is 0.400. The molecule has 6 nitrogen and oxygen atoms in total. The second kappa shape index (κ2) is 6.39. The van der Waals surface area contributed by atoms with Gasteiger partial charge >= 0.3 is 5.97 Å². The molecule has 0 fully saturated rings. The zero-order chi connectivity index (χ0) is 15.4. The third kappa shape index (κ3) is 3.81. The normalized spacial score (nSPS) is 10.9. The van der Waals surface area contributed by atoms with Crippen LogP contribution in [0.1, 0.15) is 35.6 Å². The molecule has 0 aliphatic rings. The highest BCUT2D eigenvalue weighted by molar-refractivity contribution is 5.88. The Hall–Kier alpha value is -2.37. The summed E-state index contributed by atoms with van der Waals surface area (Å²) in [5, 5.41) is 17.3. The fourth-order valence-electron chi connectivity index (χ4n) is 1.84. The van der Waals surface area contributed by atoms with Crippen molar-refractivity contribution in [3.63, 3.8) is 0 Å². The molecule has 1 N–H and O–H groups in total. The number of carbonyl (C=O) groups excluding carboxylic acids is 1. The molecule has 0 saturated carbocycles. The van der Waals surface area contributed by atoms with Gasteiger partial charge in [-0.05, 0) is 30.5 Å². The number of phenolic OH excluding ortho intramolecular Hbond substituents is 1. The largest absolute Gasteiger partial charge is 0.508 e. The number of hydrogen-bond donors (Lipinski definition) is 1. The molecule has 0 atom stereocenters. The Kier molecular flexibility index (Phi) is 4.57. The molecular weight excluding hydrogens is 270 g/mol. The summed E-state index contributed by atoms with van der Waals surface area (Å²) >= 11 is 0. The smallest absolute Gasteiger partial charge is 0.360 e. The van der Waals surface area contributed by atoms with E-state index in [0.717, 1.165) is 5.56 Å². The maximum absolute atomic E-state index is 11.9. The summed E-state index contributed by atoms with van der Waals surface area (Å²) in [6, 6.07) is 6.89. The highest BCUT2D eigenvalue weighted by Crippen LogP contribution is 2.14. The maximum atomic E-state index is 11.9. The van der Waals surface area contributed by atoms with Crippen LogP contribution in [0.4, 0.5) is 0 Å². The molecule has 0 unspecified atom stereocenters. The lowest BCUT2D eigenvalue weighted by Crippen LogP contribution is -2.12. The summed E-state index contributed by atoms with van der Waals surface area (Å²) in [5.41, 5.74) is 1.76. The van der Waals surface area contributed by atoms with E-state index in [9.17, 15) is 9.90 Å². The minimum absolute atomic E-state index is 0.196. The number of carbonyl (C=O) groups is 1. The quantitative estimate of drug-likeness (QED) is 0.853. The van der Waals surface area contributed by atoms with E-state index in [1.807, 2.05) is 19.9 Å². The van der Waals surface area contributed by atoms with Crippen LogP contribution in [0.3, 0.4) is 0 Å². The molecule has 2 aromatic rings. The van der Waals surface area contributed by atoms with Crippen LogP contribution in [0.25, 0.3) is 0 Å². The topological polar surface area (TPSA) is 77.2 Å². The zero-order valence-corrected chi connectivity index (χ0v) is 12.4. The van der Waals surface area contributed by atoms with Gasteiger partial charge in [0.25, 0.3) is 0 Å². The van der Waals surface area contributed by atoms with Gasteiger partial charge in [-0.1, -0.05) is 31.2 Å². The lowest BCUT2D eigenvalue weighted by molar-refractivity contribution is 0.0451. The summed E-state index contributed by atoms with van der Waals surface area (Å²) in [4.78, 5) is 11.9. The molecule has 112 valence electrons. The van der Waals surface area contributed by atoms with Gasteiger partial charge in [-0.2, -0.15) is 0 Å². The van der Waals surface area contributed by atoms with Crippen LogP contribution >= 0.6 is 0 Å². The average Bonchev–Trinajstić information content (AvgIpc) is 2.78. The Morgan fingerprint density at radius 3 is 2.86 bits per heavy atom. The number of benzene rings is 1. The molecule has 1 heterocycles. The minimum Gasteiger partial charge on any atom is -0.508 e.